The molecule has 1 aliphatic heterocycles. The van der Waals surface area contributed by atoms with Gasteiger partial charge in [0, 0.05) is 11.8 Å². The Bertz CT molecular complexity index is 472. The van der Waals surface area contributed by atoms with E-state index in [0.717, 1.165) is 24.3 Å². The zero-order chi connectivity index (χ0) is 12.3. The highest BCUT2D eigenvalue weighted by Gasteiger charge is 2.22. The van der Waals surface area contributed by atoms with Crippen molar-refractivity contribution < 1.29 is 8.42 Å². The van der Waals surface area contributed by atoms with E-state index in [1.54, 1.807) is 11.8 Å². The van der Waals surface area contributed by atoms with Gasteiger partial charge in [0.1, 0.15) is 4.90 Å². The second-order valence-corrected chi connectivity index (χ2v) is 6.93. The van der Waals surface area contributed by atoms with Gasteiger partial charge in [-0.25, -0.2) is 23.1 Å². The van der Waals surface area contributed by atoms with Crippen LogP contribution in [-0.2, 0) is 10.0 Å². The summed E-state index contributed by atoms with van der Waals surface area (Å²) in [6, 6.07) is -0.00516. The molecule has 2 rings (SSSR count). The smallest absolute Gasteiger partial charge is 0.225 e. The van der Waals surface area contributed by atoms with Crippen LogP contribution in [0.25, 0.3) is 0 Å². The Morgan fingerprint density at radius 3 is 2.71 bits per heavy atom. The molecule has 0 amide bonds. The standard InChI is InChI=1S/C9H12ClN3O2S2/c10-9-11-4-8(5-12-9)17(14,15)13-7-2-1-3-16-6-7/h4-5,7,13H,1-3,6H2. The topological polar surface area (TPSA) is 72.0 Å². The highest BCUT2D eigenvalue weighted by molar-refractivity contribution is 7.99. The van der Waals surface area contributed by atoms with Crippen molar-refractivity contribution in [3.05, 3.63) is 17.7 Å². The number of sulfonamides is 1. The van der Waals surface area contributed by atoms with E-state index in [-0.39, 0.29) is 16.2 Å². The maximum atomic E-state index is 12.0. The number of thioether (sulfide) groups is 1. The molecular weight excluding hydrogens is 282 g/mol. The molecule has 94 valence electrons. The van der Waals surface area contributed by atoms with Crippen LogP contribution in [0, 0.1) is 0 Å². The molecule has 1 aromatic heterocycles. The lowest BCUT2D eigenvalue weighted by Gasteiger charge is -2.22. The van der Waals surface area contributed by atoms with Crippen molar-refractivity contribution >= 4 is 33.4 Å². The largest absolute Gasteiger partial charge is 0.243 e. The summed E-state index contributed by atoms with van der Waals surface area (Å²) >= 11 is 7.27. The Hall–Kier alpha value is -0.370. The summed E-state index contributed by atoms with van der Waals surface area (Å²) in [7, 11) is -3.52. The molecule has 8 heteroatoms. The summed E-state index contributed by atoms with van der Waals surface area (Å²) in [5, 5.41) is 0.0390. The van der Waals surface area contributed by atoms with Gasteiger partial charge >= 0.3 is 0 Å². The summed E-state index contributed by atoms with van der Waals surface area (Å²) in [6.07, 6.45) is 4.34. The van der Waals surface area contributed by atoms with Crippen molar-refractivity contribution in [1.82, 2.24) is 14.7 Å². The summed E-state index contributed by atoms with van der Waals surface area (Å²) in [6.45, 7) is 0. The maximum absolute atomic E-state index is 12.0. The lowest BCUT2D eigenvalue weighted by atomic mass is 10.2. The second kappa shape index (κ2) is 5.51. The molecule has 1 aromatic rings. The Morgan fingerprint density at radius 2 is 2.12 bits per heavy atom. The zero-order valence-corrected chi connectivity index (χ0v) is 11.4. The molecule has 17 heavy (non-hydrogen) atoms. The molecule has 1 atom stereocenters. The van der Waals surface area contributed by atoms with Crippen LogP contribution in [0.4, 0.5) is 0 Å². The average Bonchev–Trinajstić information content (AvgIpc) is 2.30. The second-order valence-electron chi connectivity index (χ2n) is 3.72. The predicted molar refractivity (Wildman–Crippen MR) is 67.7 cm³/mol. The van der Waals surface area contributed by atoms with E-state index in [9.17, 15) is 8.42 Å². The Morgan fingerprint density at radius 1 is 1.41 bits per heavy atom. The highest BCUT2D eigenvalue weighted by atomic mass is 35.5. The average molecular weight is 294 g/mol. The van der Waals surface area contributed by atoms with Crippen molar-refractivity contribution in [1.29, 1.82) is 0 Å². The number of nitrogens with one attached hydrogen (secondary N) is 1. The van der Waals surface area contributed by atoms with E-state index in [0.29, 0.717) is 0 Å². The van der Waals surface area contributed by atoms with Crippen LogP contribution >= 0.6 is 23.4 Å². The molecule has 0 spiro atoms. The van der Waals surface area contributed by atoms with Crippen molar-refractivity contribution in [2.45, 2.75) is 23.8 Å². The molecular formula is C9H12ClN3O2S2. The van der Waals surface area contributed by atoms with Gasteiger partial charge in [-0.3, -0.25) is 0 Å². The van der Waals surface area contributed by atoms with Gasteiger partial charge in [0.15, 0.2) is 0 Å². The van der Waals surface area contributed by atoms with E-state index in [4.69, 9.17) is 11.6 Å². The third-order valence-electron chi connectivity index (χ3n) is 2.39. The monoisotopic (exact) mass is 293 g/mol. The summed E-state index contributed by atoms with van der Waals surface area (Å²) in [4.78, 5) is 7.39. The Balaban J connectivity index is 2.10. The van der Waals surface area contributed by atoms with Gasteiger partial charge in [-0.05, 0) is 30.2 Å². The minimum absolute atomic E-state index is 0.00516. The molecule has 0 saturated carbocycles. The van der Waals surface area contributed by atoms with Gasteiger partial charge in [-0.1, -0.05) is 0 Å². The number of halogens is 1. The molecule has 1 aliphatic rings. The fourth-order valence-electron chi connectivity index (χ4n) is 1.56. The van der Waals surface area contributed by atoms with Gasteiger partial charge in [0.05, 0.1) is 12.4 Å². The number of nitrogens with zero attached hydrogens (tertiary/aromatic N) is 2. The molecule has 2 heterocycles. The van der Waals surface area contributed by atoms with Crippen molar-refractivity contribution in [2.24, 2.45) is 0 Å². The SMILES string of the molecule is O=S(=O)(NC1CCCSC1)c1cnc(Cl)nc1. The molecule has 0 aliphatic carbocycles. The zero-order valence-electron chi connectivity index (χ0n) is 8.97. The molecule has 0 aromatic carbocycles. The summed E-state index contributed by atoms with van der Waals surface area (Å²) < 4.78 is 26.6. The van der Waals surface area contributed by atoms with Crippen LogP contribution in [0.5, 0.6) is 0 Å². The van der Waals surface area contributed by atoms with E-state index in [1.165, 1.54) is 12.4 Å². The van der Waals surface area contributed by atoms with Gasteiger partial charge < -0.3 is 0 Å². The number of rotatable bonds is 3. The highest BCUT2D eigenvalue weighted by Crippen LogP contribution is 2.19. The maximum Gasteiger partial charge on any atom is 0.243 e. The normalized spacial score (nSPS) is 21.4. The fraction of sp³-hybridized carbons (Fsp3) is 0.556. The predicted octanol–water partition coefficient (Wildman–Crippen LogP) is 1.30. The first kappa shape index (κ1) is 13.1. The van der Waals surface area contributed by atoms with Crippen LogP contribution < -0.4 is 4.72 Å². The van der Waals surface area contributed by atoms with E-state index in [2.05, 4.69) is 14.7 Å². The molecule has 0 bridgehead atoms. The lowest BCUT2D eigenvalue weighted by molar-refractivity contribution is 0.542. The molecule has 1 unspecified atom stereocenters. The lowest BCUT2D eigenvalue weighted by Crippen LogP contribution is -2.38. The number of hydrogen-bond donors (Lipinski definition) is 1. The van der Waals surface area contributed by atoms with Gasteiger partial charge in [0.25, 0.3) is 0 Å². The summed E-state index contributed by atoms with van der Waals surface area (Å²) in [5.74, 6) is 1.91. The van der Waals surface area contributed by atoms with Gasteiger partial charge in [-0.15, -0.1) is 0 Å². The van der Waals surface area contributed by atoms with Crippen LogP contribution in [-0.4, -0.2) is 35.9 Å². The van der Waals surface area contributed by atoms with Crippen LogP contribution in [0.1, 0.15) is 12.8 Å². The molecule has 5 nitrogen and oxygen atoms in total. The van der Waals surface area contributed by atoms with E-state index < -0.39 is 10.0 Å². The van der Waals surface area contributed by atoms with Crippen molar-refractivity contribution in [2.75, 3.05) is 11.5 Å². The van der Waals surface area contributed by atoms with Crippen LogP contribution in [0.3, 0.4) is 0 Å². The first-order chi connectivity index (χ1) is 8.08. The summed E-state index contributed by atoms with van der Waals surface area (Å²) in [5.41, 5.74) is 0. The Labute approximate surface area is 109 Å². The van der Waals surface area contributed by atoms with Crippen LogP contribution in [0.2, 0.25) is 5.28 Å². The minimum atomic E-state index is -3.52. The number of hydrogen-bond acceptors (Lipinski definition) is 5. The van der Waals surface area contributed by atoms with Gasteiger partial charge in [0.2, 0.25) is 15.3 Å². The fourth-order valence-corrected chi connectivity index (χ4v) is 3.99. The van der Waals surface area contributed by atoms with E-state index in [1.807, 2.05) is 0 Å². The van der Waals surface area contributed by atoms with Crippen LogP contribution in [0.15, 0.2) is 17.3 Å². The first-order valence-electron chi connectivity index (χ1n) is 5.15. The quantitative estimate of drug-likeness (QED) is 0.851. The third-order valence-corrected chi connectivity index (χ3v) is 5.27. The van der Waals surface area contributed by atoms with Gasteiger partial charge in [-0.2, -0.15) is 11.8 Å². The Kier molecular flexibility index (Phi) is 4.24. The van der Waals surface area contributed by atoms with Crippen molar-refractivity contribution in [3.8, 4) is 0 Å². The minimum Gasteiger partial charge on any atom is -0.225 e. The third kappa shape index (κ3) is 3.54. The van der Waals surface area contributed by atoms with E-state index >= 15 is 0 Å². The molecule has 1 fully saturated rings. The van der Waals surface area contributed by atoms with Crippen molar-refractivity contribution in [3.63, 3.8) is 0 Å². The molecule has 0 radical (unpaired) electrons. The first-order valence-corrected chi connectivity index (χ1v) is 8.17. The molecule has 1 N–H and O–H groups in total. The molecule has 1 saturated heterocycles. The number of aromatic nitrogens is 2.